The summed E-state index contributed by atoms with van der Waals surface area (Å²) in [7, 11) is 3.26. The van der Waals surface area contributed by atoms with Crippen LogP contribution in [0.25, 0.3) is 10.6 Å². The lowest BCUT2D eigenvalue weighted by Crippen LogP contribution is -2.43. The maximum atomic E-state index is 13.2. The second-order valence-corrected chi connectivity index (χ2v) is 9.47. The first-order chi connectivity index (χ1) is 17.0. The minimum atomic E-state index is -0.102. The summed E-state index contributed by atoms with van der Waals surface area (Å²) in [6, 6.07) is 14.3. The van der Waals surface area contributed by atoms with Crippen molar-refractivity contribution in [2.24, 2.45) is 0 Å². The molecule has 1 unspecified atom stereocenters. The summed E-state index contributed by atoms with van der Waals surface area (Å²) in [5, 5.41) is 4.02. The summed E-state index contributed by atoms with van der Waals surface area (Å²) in [5.74, 6) is 1.25. The average Bonchev–Trinajstić information content (AvgIpc) is 3.30. The van der Waals surface area contributed by atoms with E-state index in [-0.39, 0.29) is 11.9 Å². The van der Waals surface area contributed by atoms with Gasteiger partial charge in [0, 0.05) is 25.2 Å². The van der Waals surface area contributed by atoms with Gasteiger partial charge in [-0.3, -0.25) is 9.69 Å². The largest absolute Gasteiger partial charge is 0.493 e. The molecule has 0 bridgehead atoms. The Bertz CT molecular complexity index is 1140. The van der Waals surface area contributed by atoms with Crippen LogP contribution >= 0.6 is 11.3 Å². The molecule has 0 saturated carbocycles. The highest BCUT2D eigenvalue weighted by atomic mass is 32.1. The molecule has 1 saturated heterocycles. The fourth-order valence-corrected chi connectivity index (χ4v) is 5.28. The molecule has 1 amide bonds. The number of nitrogens with one attached hydrogen (secondary N) is 1. The Kier molecular flexibility index (Phi) is 8.38. The molecule has 1 aliphatic heterocycles. The molecule has 2 aromatic carbocycles. The van der Waals surface area contributed by atoms with Crippen molar-refractivity contribution in [2.45, 2.75) is 26.3 Å². The number of aryl methyl sites for hydroxylation is 2. The highest BCUT2D eigenvalue weighted by Gasteiger charge is 2.25. The fourth-order valence-electron chi connectivity index (χ4n) is 4.29. The number of hydrogen-bond acceptors (Lipinski definition) is 7. The van der Waals surface area contributed by atoms with Gasteiger partial charge in [0.2, 0.25) is 0 Å². The van der Waals surface area contributed by atoms with Gasteiger partial charge in [-0.15, -0.1) is 11.3 Å². The van der Waals surface area contributed by atoms with Crippen LogP contribution in [0.4, 0.5) is 0 Å². The van der Waals surface area contributed by atoms with Gasteiger partial charge in [0.05, 0.1) is 39.2 Å². The summed E-state index contributed by atoms with van der Waals surface area (Å²) in [6.07, 6.45) is 0.995. The van der Waals surface area contributed by atoms with Crippen molar-refractivity contribution in [3.05, 3.63) is 64.2 Å². The Labute approximate surface area is 211 Å². The standard InChI is InChI=1S/C27H33N3O4S/c1-5-19-6-8-20(9-7-19)27-29-18(2)25(35-27)26(31)28-17-22(30-12-14-34-15-13-30)21-10-11-23(32-3)24(16-21)33-4/h6-11,16,22H,5,12-15,17H2,1-4H3,(H,28,31). The summed E-state index contributed by atoms with van der Waals surface area (Å²) in [5.41, 5.74) is 4.12. The van der Waals surface area contributed by atoms with E-state index in [4.69, 9.17) is 14.2 Å². The third-order valence-electron chi connectivity index (χ3n) is 6.35. The van der Waals surface area contributed by atoms with Crippen LogP contribution in [-0.2, 0) is 11.2 Å². The highest BCUT2D eigenvalue weighted by Crippen LogP contribution is 2.33. The van der Waals surface area contributed by atoms with E-state index < -0.39 is 0 Å². The smallest absolute Gasteiger partial charge is 0.263 e. The number of rotatable bonds is 9. The van der Waals surface area contributed by atoms with Crippen LogP contribution in [0.5, 0.6) is 11.5 Å². The van der Waals surface area contributed by atoms with E-state index in [0.717, 1.165) is 41.3 Å². The summed E-state index contributed by atoms with van der Waals surface area (Å²) >= 11 is 1.43. The molecule has 186 valence electrons. The monoisotopic (exact) mass is 495 g/mol. The molecular formula is C27H33N3O4S. The Balaban J connectivity index is 1.52. The number of aromatic nitrogens is 1. The number of methoxy groups -OCH3 is 2. The number of hydrogen-bond donors (Lipinski definition) is 1. The van der Waals surface area contributed by atoms with Crippen LogP contribution in [-0.4, -0.2) is 62.9 Å². The molecule has 0 radical (unpaired) electrons. The number of thiazole rings is 1. The second kappa shape index (κ2) is 11.7. The molecule has 0 aliphatic carbocycles. The van der Waals surface area contributed by atoms with Crippen molar-refractivity contribution in [1.82, 2.24) is 15.2 Å². The summed E-state index contributed by atoms with van der Waals surface area (Å²) in [6.45, 7) is 7.43. The second-order valence-electron chi connectivity index (χ2n) is 8.47. The highest BCUT2D eigenvalue weighted by molar-refractivity contribution is 7.17. The molecule has 1 fully saturated rings. The van der Waals surface area contributed by atoms with E-state index >= 15 is 0 Å². The van der Waals surface area contributed by atoms with Crippen molar-refractivity contribution in [3.8, 4) is 22.1 Å². The Hall–Kier alpha value is -2.94. The van der Waals surface area contributed by atoms with Crippen LogP contribution in [0.3, 0.4) is 0 Å². The van der Waals surface area contributed by atoms with Crippen LogP contribution in [0, 0.1) is 6.92 Å². The predicted octanol–water partition coefficient (Wildman–Crippen LogP) is 4.50. The zero-order chi connectivity index (χ0) is 24.8. The minimum absolute atomic E-state index is 0.0167. The first-order valence-electron chi connectivity index (χ1n) is 11.9. The van der Waals surface area contributed by atoms with Crippen molar-refractivity contribution < 1.29 is 19.0 Å². The van der Waals surface area contributed by atoms with Gasteiger partial charge < -0.3 is 19.5 Å². The summed E-state index contributed by atoms with van der Waals surface area (Å²) < 4.78 is 16.5. The lowest BCUT2D eigenvalue weighted by Gasteiger charge is -2.35. The fraction of sp³-hybridized carbons (Fsp3) is 0.407. The number of nitrogens with zero attached hydrogens (tertiary/aromatic N) is 2. The zero-order valence-electron chi connectivity index (χ0n) is 20.8. The zero-order valence-corrected chi connectivity index (χ0v) is 21.6. The molecule has 1 atom stereocenters. The maximum Gasteiger partial charge on any atom is 0.263 e. The maximum absolute atomic E-state index is 13.2. The van der Waals surface area contributed by atoms with Gasteiger partial charge in [0.15, 0.2) is 11.5 Å². The van der Waals surface area contributed by atoms with Crippen molar-refractivity contribution in [2.75, 3.05) is 47.1 Å². The molecule has 8 heteroatoms. The van der Waals surface area contributed by atoms with Gasteiger partial charge in [-0.1, -0.05) is 37.3 Å². The molecule has 4 rings (SSSR count). The van der Waals surface area contributed by atoms with Gasteiger partial charge >= 0.3 is 0 Å². The van der Waals surface area contributed by atoms with Gasteiger partial charge in [0.1, 0.15) is 9.88 Å². The van der Waals surface area contributed by atoms with Crippen LogP contribution in [0.1, 0.15) is 39.5 Å². The molecular weight excluding hydrogens is 462 g/mol. The van der Waals surface area contributed by atoms with Crippen molar-refractivity contribution in [3.63, 3.8) is 0 Å². The molecule has 0 spiro atoms. The predicted molar refractivity (Wildman–Crippen MR) is 139 cm³/mol. The SMILES string of the molecule is CCc1ccc(-c2nc(C)c(C(=O)NCC(c3ccc(OC)c(OC)c3)N3CCOCC3)s2)cc1. The van der Waals surface area contributed by atoms with Crippen molar-refractivity contribution in [1.29, 1.82) is 0 Å². The number of amides is 1. The van der Waals surface area contributed by atoms with E-state index in [1.807, 2.05) is 25.1 Å². The quantitative estimate of drug-likeness (QED) is 0.471. The number of morpholine rings is 1. The van der Waals surface area contributed by atoms with Crippen LogP contribution in [0.2, 0.25) is 0 Å². The van der Waals surface area contributed by atoms with Crippen LogP contribution in [0.15, 0.2) is 42.5 Å². The molecule has 35 heavy (non-hydrogen) atoms. The lowest BCUT2D eigenvalue weighted by atomic mass is 10.0. The van der Waals surface area contributed by atoms with Gasteiger partial charge in [-0.2, -0.15) is 0 Å². The van der Waals surface area contributed by atoms with Crippen LogP contribution < -0.4 is 14.8 Å². The molecule has 1 aromatic heterocycles. The van der Waals surface area contributed by atoms with E-state index in [1.165, 1.54) is 16.9 Å². The Morgan fingerprint density at radius 2 is 1.83 bits per heavy atom. The van der Waals surface area contributed by atoms with E-state index in [2.05, 4.69) is 46.4 Å². The van der Waals surface area contributed by atoms with Gasteiger partial charge in [0.25, 0.3) is 5.91 Å². The van der Waals surface area contributed by atoms with E-state index in [9.17, 15) is 4.79 Å². The first kappa shape index (κ1) is 25.2. The normalized spacial score (nSPS) is 15.0. The number of ether oxygens (including phenoxy) is 3. The summed E-state index contributed by atoms with van der Waals surface area (Å²) in [4.78, 5) is 20.9. The molecule has 7 nitrogen and oxygen atoms in total. The Morgan fingerprint density at radius 1 is 1.11 bits per heavy atom. The van der Waals surface area contributed by atoms with Gasteiger partial charge in [-0.25, -0.2) is 4.98 Å². The van der Waals surface area contributed by atoms with E-state index in [1.54, 1.807) is 14.2 Å². The third kappa shape index (κ3) is 5.83. The number of benzene rings is 2. The topological polar surface area (TPSA) is 72.9 Å². The molecule has 2 heterocycles. The minimum Gasteiger partial charge on any atom is -0.493 e. The third-order valence-corrected chi connectivity index (χ3v) is 7.55. The average molecular weight is 496 g/mol. The van der Waals surface area contributed by atoms with E-state index in [0.29, 0.717) is 36.1 Å². The number of carbonyl (C=O) groups excluding carboxylic acids is 1. The van der Waals surface area contributed by atoms with Gasteiger partial charge in [-0.05, 0) is 36.6 Å². The molecule has 1 N–H and O–H groups in total. The molecule has 3 aromatic rings. The lowest BCUT2D eigenvalue weighted by molar-refractivity contribution is 0.0162. The first-order valence-corrected chi connectivity index (χ1v) is 12.7. The van der Waals surface area contributed by atoms with Crippen molar-refractivity contribution >= 4 is 17.2 Å². The Morgan fingerprint density at radius 3 is 2.49 bits per heavy atom. The molecule has 1 aliphatic rings. The number of carbonyl (C=O) groups is 1.